The minimum Gasteiger partial charge on any atom is -0.508 e. The molecule has 2 aliphatic heterocycles. The maximum atomic E-state index is 10.5. The zero-order chi connectivity index (χ0) is 26.1. The van der Waals surface area contributed by atoms with Crippen LogP contribution in [0.1, 0.15) is 50.0 Å². The van der Waals surface area contributed by atoms with E-state index in [0.29, 0.717) is 24.1 Å². The highest BCUT2D eigenvalue weighted by Crippen LogP contribution is 2.48. The average molecular weight is 502 g/mol. The predicted molar refractivity (Wildman–Crippen MR) is 145 cm³/mol. The third-order valence-corrected chi connectivity index (χ3v) is 7.52. The lowest BCUT2D eigenvalue weighted by Gasteiger charge is -2.31. The maximum absolute atomic E-state index is 10.5. The van der Waals surface area contributed by atoms with E-state index in [1.807, 2.05) is 37.3 Å². The number of allylic oxidation sites excluding steroid dienone is 1. The smallest absolute Gasteiger partial charge is 0.160 e. The van der Waals surface area contributed by atoms with E-state index in [2.05, 4.69) is 18.7 Å². The molecule has 3 atom stereocenters. The molecule has 37 heavy (non-hydrogen) atoms. The normalized spacial score (nSPS) is 20.3. The Hall–Kier alpha value is -3.64. The van der Waals surface area contributed by atoms with E-state index >= 15 is 0 Å². The Kier molecular flexibility index (Phi) is 7.02. The number of hydrogen-bond acceptors (Lipinski definition) is 6. The van der Waals surface area contributed by atoms with Crippen LogP contribution in [0.5, 0.6) is 28.7 Å². The summed E-state index contributed by atoms with van der Waals surface area (Å²) in [6.07, 6.45) is 0.855. The fourth-order valence-electron chi connectivity index (χ4n) is 5.33. The Morgan fingerprint density at radius 2 is 1.84 bits per heavy atom. The van der Waals surface area contributed by atoms with Gasteiger partial charge in [0, 0.05) is 23.7 Å². The molecule has 3 aromatic rings. The van der Waals surface area contributed by atoms with Gasteiger partial charge >= 0.3 is 0 Å². The number of hydrogen-bond donors (Lipinski definition) is 2. The second kappa shape index (κ2) is 10.4. The lowest BCUT2D eigenvalue weighted by atomic mass is 9.86. The van der Waals surface area contributed by atoms with Crippen LogP contribution in [0.15, 0.2) is 60.7 Å². The van der Waals surface area contributed by atoms with Crippen molar-refractivity contribution in [3.63, 3.8) is 0 Å². The van der Waals surface area contributed by atoms with E-state index in [9.17, 15) is 10.2 Å². The van der Waals surface area contributed by atoms with Crippen LogP contribution in [-0.2, 0) is 0 Å². The average Bonchev–Trinajstić information content (AvgIpc) is 3.34. The van der Waals surface area contributed by atoms with Gasteiger partial charge in [0.05, 0.1) is 7.11 Å². The minimum atomic E-state index is -0.399. The fourth-order valence-corrected chi connectivity index (χ4v) is 5.33. The van der Waals surface area contributed by atoms with Gasteiger partial charge in [-0.05, 0) is 91.9 Å². The third kappa shape index (κ3) is 5.12. The highest BCUT2D eigenvalue weighted by atomic mass is 16.5. The first kappa shape index (κ1) is 25.0. The summed E-state index contributed by atoms with van der Waals surface area (Å²) in [5.41, 5.74) is 4.51. The Labute approximate surface area is 218 Å². The van der Waals surface area contributed by atoms with Crippen molar-refractivity contribution in [2.45, 2.75) is 39.3 Å². The third-order valence-electron chi connectivity index (χ3n) is 7.52. The van der Waals surface area contributed by atoms with Crippen molar-refractivity contribution in [2.24, 2.45) is 5.92 Å². The second-order valence-electron chi connectivity index (χ2n) is 10.2. The summed E-state index contributed by atoms with van der Waals surface area (Å²) in [5.74, 6) is 2.93. The molecule has 3 unspecified atom stereocenters. The number of ether oxygens (including phenoxy) is 3. The standard InChI is InChI=1S/C31H35NO5/c1-19-13-14-32(17-19)20(2)18-36-25-9-5-22(6-10-25)31-30(23-7-11-29(35-4)27(34)15-23)21(3)26-16-24(33)8-12-28(26)37-31/h5-12,15-16,19-20,31,33-34H,13-14,17-18H2,1-4H3. The molecule has 2 heterocycles. The summed E-state index contributed by atoms with van der Waals surface area (Å²) in [4.78, 5) is 2.49. The highest BCUT2D eigenvalue weighted by molar-refractivity contribution is 5.96. The van der Waals surface area contributed by atoms with E-state index in [0.717, 1.165) is 52.6 Å². The van der Waals surface area contributed by atoms with Crippen LogP contribution < -0.4 is 14.2 Å². The number of phenolic OH excluding ortho intramolecular Hbond substituents is 2. The van der Waals surface area contributed by atoms with Gasteiger partial charge in [0.25, 0.3) is 0 Å². The first-order chi connectivity index (χ1) is 17.8. The molecule has 5 rings (SSSR count). The van der Waals surface area contributed by atoms with Crippen LogP contribution in [0.25, 0.3) is 11.1 Å². The van der Waals surface area contributed by atoms with Crippen molar-refractivity contribution in [3.8, 4) is 28.7 Å². The van der Waals surface area contributed by atoms with Gasteiger partial charge in [-0.3, -0.25) is 4.90 Å². The number of phenols is 2. The lowest BCUT2D eigenvalue weighted by molar-refractivity contribution is 0.169. The number of nitrogens with zero attached hydrogens (tertiary/aromatic N) is 1. The topological polar surface area (TPSA) is 71.4 Å². The predicted octanol–water partition coefficient (Wildman–Crippen LogP) is 6.28. The van der Waals surface area contributed by atoms with Crippen LogP contribution in [0.2, 0.25) is 0 Å². The Balaban J connectivity index is 1.43. The molecule has 2 aliphatic rings. The molecule has 3 aromatic carbocycles. The van der Waals surface area contributed by atoms with E-state index in [1.54, 1.807) is 30.3 Å². The summed E-state index contributed by atoms with van der Waals surface area (Å²) >= 11 is 0. The molecule has 0 amide bonds. The van der Waals surface area contributed by atoms with Gasteiger partial charge in [-0.1, -0.05) is 25.1 Å². The summed E-state index contributed by atoms with van der Waals surface area (Å²) in [7, 11) is 1.53. The van der Waals surface area contributed by atoms with E-state index in [4.69, 9.17) is 14.2 Å². The summed E-state index contributed by atoms with van der Waals surface area (Å²) < 4.78 is 17.9. The molecular weight excluding hydrogens is 466 g/mol. The van der Waals surface area contributed by atoms with Crippen molar-refractivity contribution in [2.75, 3.05) is 26.8 Å². The van der Waals surface area contributed by atoms with Crippen LogP contribution >= 0.6 is 0 Å². The van der Waals surface area contributed by atoms with Gasteiger partial charge < -0.3 is 24.4 Å². The molecular formula is C31H35NO5. The second-order valence-corrected chi connectivity index (χ2v) is 10.2. The number of rotatable bonds is 7. The zero-order valence-electron chi connectivity index (χ0n) is 21.9. The van der Waals surface area contributed by atoms with Crippen LogP contribution in [-0.4, -0.2) is 48.0 Å². The molecule has 6 nitrogen and oxygen atoms in total. The van der Waals surface area contributed by atoms with Gasteiger partial charge in [0.2, 0.25) is 0 Å². The zero-order valence-corrected chi connectivity index (χ0v) is 21.9. The van der Waals surface area contributed by atoms with Gasteiger partial charge in [-0.15, -0.1) is 0 Å². The van der Waals surface area contributed by atoms with Gasteiger partial charge in [-0.2, -0.15) is 0 Å². The van der Waals surface area contributed by atoms with E-state index in [-0.39, 0.29) is 11.5 Å². The first-order valence-corrected chi connectivity index (χ1v) is 12.9. The Morgan fingerprint density at radius 3 is 2.51 bits per heavy atom. The van der Waals surface area contributed by atoms with Gasteiger partial charge in [0.15, 0.2) is 11.5 Å². The van der Waals surface area contributed by atoms with Crippen molar-refractivity contribution < 1.29 is 24.4 Å². The quantitative estimate of drug-likeness (QED) is 0.397. The lowest BCUT2D eigenvalue weighted by Crippen LogP contribution is -2.35. The first-order valence-electron chi connectivity index (χ1n) is 12.9. The van der Waals surface area contributed by atoms with Crippen molar-refractivity contribution in [1.82, 2.24) is 4.90 Å². The Bertz CT molecular complexity index is 1300. The maximum Gasteiger partial charge on any atom is 0.160 e. The Morgan fingerprint density at radius 1 is 1.05 bits per heavy atom. The van der Waals surface area contributed by atoms with Crippen molar-refractivity contribution in [1.29, 1.82) is 0 Å². The fraction of sp³-hybridized carbons (Fsp3) is 0.355. The summed E-state index contributed by atoms with van der Waals surface area (Å²) in [5, 5.41) is 20.6. The van der Waals surface area contributed by atoms with Crippen molar-refractivity contribution in [3.05, 3.63) is 77.4 Å². The number of fused-ring (bicyclic) bond motifs is 1. The molecule has 0 bridgehead atoms. The molecule has 0 aromatic heterocycles. The highest BCUT2D eigenvalue weighted by Gasteiger charge is 2.30. The number of aromatic hydroxyl groups is 2. The van der Waals surface area contributed by atoms with Gasteiger partial charge in [-0.25, -0.2) is 0 Å². The number of likely N-dealkylation sites (tertiary alicyclic amines) is 1. The molecule has 0 radical (unpaired) electrons. The summed E-state index contributed by atoms with van der Waals surface area (Å²) in [6.45, 7) is 9.47. The minimum absolute atomic E-state index is 0.0611. The van der Waals surface area contributed by atoms with E-state index in [1.165, 1.54) is 13.5 Å². The molecule has 194 valence electrons. The molecule has 1 fully saturated rings. The van der Waals surface area contributed by atoms with Crippen LogP contribution in [0, 0.1) is 5.92 Å². The van der Waals surface area contributed by atoms with Crippen molar-refractivity contribution >= 4 is 11.1 Å². The van der Waals surface area contributed by atoms with Crippen LogP contribution in [0.3, 0.4) is 0 Å². The monoisotopic (exact) mass is 501 g/mol. The molecule has 6 heteroatoms. The summed E-state index contributed by atoms with van der Waals surface area (Å²) in [6, 6.07) is 18.9. The SMILES string of the molecule is COc1ccc(C2=C(C)c3cc(O)ccc3OC2c2ccc(OCC(C)N3CCC(C)C3)cc2)cc1O. The molecule has 0 aliphatic carbocycles. The van der Waals surface area contributed by atoms with E-state index < -0.39 is 6.10 Å². The number of methoxy groups -OCH3 is 1. The molecule has 0 saturated carbocycles. The molecule has 2 N–H and O–H groups in total. The van der Waals surface area contributed by atoms with Crippen LogP contribution in [0.4, 0.5) is 0 Å². The molecule has 0 spiro atoms. The van der Waals surface area contributed by atoms with Gasteiger partial charge in [0.1, 0.15) is 30.0 Å². The largest absolute Gasteiger partial charge is 0.508 e. The number of benzene rings is 3. The molecule has 1 saturated heterocycles.